The van der Waals surface area contributed by atoms with Gasteiger partial charge in [-0.25, -0.2) is 9.97 Å². The number of ether oxygens (including phenoxy) is 1. The summed E-state index contributed by atoms with van der Waals surface area (Å²) in [5, 5.41) is 8.04. The monoisotopic (exact) mass is 361 g/mol. The summed E-state index contributed by atoms with van der Waals surface area (Å²) in [4.78, 5) is 14.8. The fourth-order valence-electron chi connectivity index (χ4n) is 3.46. The van der Waals surface area contributed by atoms with Gasteiger partial charge in [0, 0.05) is 29.4 Å². The molecule has 5 rings (SSSR count). The molecule has 8 nitrogen and oxygen atoms in total. The third kappa shape index (κ3) is 2.70. The Morgan fingerprint density at radius 1 is 1.26 bits per heavy atom. The van der Waals surface area contributed by atoms with E-state index in [1.165, 1.54) is 0 Å². The quantitative estimate of drug-likeness (QED) is 0.517. The van der Waals surface area contributed by atoms with Gasteiger partial charge in [0.05, 0.1) is 36.5 Å². The molecule has 0 atom stereocenters. The molecule has 1 fully saturated rings. The van der Waals surface area contributed by atoms with Crippen molar-refractivity contribution in [2.45, 2.75) is 6.54 Å². The number of imidazole rings is 1. The van der Waals surface area contributed by atoms with Crippen molar-refractivity contribution in [1.29, 1.82) is 0 Å². The molecule has 0 radical (unpaired) electrons. The van der Waals surface area contributed by atoms with Crippen LogP contribution in [0.25, 0.3) is 33.2 Å². The van der Waals surface area contributed by atoms with E-state index in [0.29, 0.717) is 31.1 Å². The molecule has 0 amide bonds. The van der Waals surface area contributed by atoms with E-state index in [2.05, 4.69) is 36.6 Å². The lowest BCUT2D eigenvalue weighted by Gasteiger charge is -2.29. The number of nitrogens with zero attached hydrogens (tertiary/aromatic N) is 4. The lowest BCUT2D eigenvalue weighted by molar-refractivity contribution is 0.0699. The molecule has 0 saturated carbocycles. The summed E-state index contributed by atoms with van der Waals surface area (Å²) in [5.41, 5.74) is 11.4. The molecule has 0 aliphatic carbocycles. The van der Waals surface area contributed by atoms with Crippen molar-refractivity contribution < 1.29 is 4.74 Å². The van der Waals surface area contributed by atoms with Gasteiger partial charge in [-0.1, -0.05) is 12.6 Å². The molecule has 1 aromatic carbocycles. The lowest BCUT2D eigenvalue weighted by atomic mass is 10.1. The van der Waals surface area contributed by atoms with Crippen molar-refractivity contribution in [3.8, 4) is 11.3 Å². The van der Waals surface area contributed by atoms with E-state index in [4.69, 9.17) is 10.5 Å². The van der Waals surface area contributed by atoms with Gasteiger partial charge in [0.1, 0.15) is 11.3 Å². The Kier molecular flexibility index (Phi) is 3.58. The van der Waals surface area contributed by atoms with Crippen LogP contribution in [0.5, 0.6) is 0 Å². The molecule has 1 aliphatic heterocycles. The zero-order chi connectivity index (χ0) is 18.4. The second-order valence-electron chi connectivity index (χ2n) is 6.64. The van der Waals surface area contributed by atoms with Crippen LogP contribution in [0.15, 0.2) is 42.7 Å². The Morgan fingerprint density at radius 2 is 2.19 bits per heavy atom. The number of aromatic nitrogens is 5. The molecular formula is C19H19N7O. The Hall–Kier alpha value is -3.39. The molecule has 0 spiro atoms. The molecule has 4 heterocycles. The van der Waals surface area contributed by atoms with E-state index in [0.717, 1.165) is 45.7 Å². The second-order valence-corrected chi connectivity index (χ2v) is 6.64. The zero-order valence-electron chi connectivity index (χ0n) is 14.7. The topological polar surface area (TPSA) is 109 Å². The van der Waals surface area contributed by atoms with Crippen LogP contribution in [0.4, 0.5) is 5.82 Å². The van der Waals surface area contributed by atoms with Crippen LogP contribution in [0, 0.1) is 0 Å². The van der Waals surface area contributed by atoms with Gasteiger partial charge in [-0.15, -0.1) is 0 Å². The molecule has 3 aromatic heterocycles. The van der Waals surface area contributed by atoms with Gasteiger partial charge in [0.2, 0.25) is 0 Å². The minimum Gasteiger partial charge on any atom is -0.382 e. The van der Waals surface area contributed by atoms with E-state index < -0.39 is 0 Å². The summed E-state index contributed by atoms with van der Waals surface area (Å²) in [6.45, 7) is 6.76. The number of anilines is 1. The number of hydrogen-bond acceptors (Lipinski definition) is 6. The third-order valence-electron chi connectivity index (χ3n) is 4.86. The number of morpholine rings is 1. The maximum absolute atomic E-state index is 6.20. The summed E-state index contributed by atoms with van der Waals surface area (Å²) in [6, 6.07) is 7.97. The molecule has 0 unspecified atom stereocenters. The summed E-state index contributed by atoms with van der Waals surface area (Å²) < 4.78 is 5.42. The average molecular weight is 361 g/mol. The predicted molar refractivity (Wildman–Crippen MR) is 104 cm³/mol. The first-order valence-corrected chi connectivity index (χ1v) is 8.77. The number of aromatic amines is 2. The zero-order valence-corrected chi connectivity index (χ0v) is 14.7. The Bertz CT molecular complexity index is 1150. The van der Waals surface area contributed by atoms with Gasteiger partial charge in [-0.3, -0.25) is 5.10 Å². The number of nitrogen functional groups attached to an aromatic ring is 1. The summed E-state index contributed by atoms with van der Waals surface area (Å²) in [5.74, 6) is 1.26. The number of pyridine rings is 1. The van der Waals surface area contributed by atoms with Crippen LogP contribution >= 0.6 is 0 Å². The number of rotatable bonds is 3. The predicted octanol–water partition coefficient (Wildman–Crippen LogP) is 2.43. The molecular weight excluding hydrogens is 342 g/mol. The van der Waals surface area contributed by atoms with Gasteiger partial charge in [0.25, 0.3) is 0 Å². The smallest absolute Gasteiger partial charge is 0.152 e. The SMILES string of the molecule is C=C1COCCN1Cc1nc2c(N)nc3cc(-c4cc[nH]n4)ccc3c2[nH]1. The number of H-pyrrole nitrogens is 2. The highest BCUT2D eigenvalue weighted by molar-refractivity contribution is 6.07. The Morgan fingerprint density at radius 3 is 3.00 bits per heavy atom. The summed E-state index contributed by atoms with van der Waals surface area (Å²) in [7, 11) is 0. The van der Waals surface area contributed by atoms with Gasteiger partial charge >= 0.3 is 0 Å². The highest BCUT2D eigenvalue weighted by atomic mass is 16.5. The number of nitrogens with two attached hydrogens (primary N) is 1. The number of benzene rings is 1. The first-order chi connectivity index (χ1) is 13.2. The first kappa shape index (κ1) is 15.8. The Balaban J connectivity index is 1.58. The van der Waals surface area contributed by atoms with E-state index in [-0.39, 0.29) is 0 Å². The van der Waals surface area contributed by atoms with E-state index in [1.807, 2.05) is 24.3 Å². The lowest BCUT2D eigenvalue weighted by Crippen LogP contribution is -2.33. The molecule has 0 bridgehead atoms. The van der Waals surface area contributed by atoms with Crippen molar-refractivity contribution in [2.24, 2.45) is 0 Å². The van der Waals surface area contributed by atoms with Crippen LogP contribution in [0.2, 0.25) is 0 Å². The van der Waals surface area contributed by atoms with Crippen molar-refractivity contribution in [3.63, 3.8) is 0 Å². The van der Waals surface area contributed by atoms with E-state index in [9.17, 15) is 0 Å². The minimum atomic E-state index is 0.417. The number of fused-ring (bicyclic) bond motifs is 3. The first-order valence-electron chi connectivity index (χ1n) is 8.77. The highest BCUT2D eigenvalue weighted by Gasteiger charge is 2.17. The molecule has 27 heavy (non-hydrogen) atoms. The molecule has 4 N–H and O–H groups in total. The summed E-state index contributed by atoms with van der Waals surface area (Å²) >= 11 is 0. The highest BCUT2D eigenvalue weighted by Crippen LogP contribution is 2.29. The summed E-state index contributed by atoms with van der Waals surface area (Å²) in [6.07, 6.45) is 1.80. The van der Waals surface area contributed by atoms with Gasteiger partial charge < -0.3 is 20.4 Å². The largest absolute Gasteiger partial charge is 0.382 e. The molecule has 136 valence electrons. The maximum atomic E-state index is 6.20. The van der Waals surface area contributed by atoms with E-state index >= 15 is 0 Å². The second kappa shape index (κ2) is 6.10. The van der Waals surface area contributed by atoms with Crippen molar-refractivity contribution in [1.82, 2.24) is 30.0 Å². The standard InChI is InChI=1S/C19H19N7O/c1-11-10-27-7-6-26(11)9-16-23-17-13-3-2-12(14-4-5-21-25-14)8-15(13)22-19(20)18(17)24-16/h2-5,8H,1,6-7,9-10H2,(H2,20,22)(H,21,25)(H,23,24). The number of nitrogens with one attached hydrogen (secondary N) is 2. The Labute approximate surface area is 155 Å². The van der Waals surface area contributed by atoms with Crippen LogP contribution in [-0.4, -0.2) is 49.8 Å². The van der Waals surface area contributed by atoms with Crippen molar-refractivity contribution in [3.05, 3.63) is 48.6 Å². The van der Waals surface area contributed by atoms with Crippen LogP contribution in [0.1, 0.15) is 5.82 Å². The van der Waals surface area contributed by atoms with Crippen LogP contribution in [-0.2, 0) is 11.3 Å². The maximum Gasteiger partial charge on any atom is 0.152 e. The number of hydrogen-bond donors (Lipinski definition) is 3. The van der Waals surface area contributed by atoms with Crippen LogP contribution < -0.4 is 5.73 Å². The average Bonchev–Trinajstić information content (AvgIpc) is 3.33. The molecule has 1 saturated heterocycles. The fourth-order valence-corrected chi connectivity index (χ4v) is 3.46. The van der Waals surface area contributed by atoms with Gasteiger partial charge in [-0.05, 0) is 18.2 Å². The fraction of sp³-hybridized carbons (Fsp3) is 0.211. The van der Waals surface area contributed by atoms with E-state index in [1.54, 1.807) is 6.20 Å². The van der Waals surface area contributed by atoms with Gasteiger partial charge in [-0.2, -0.15) is 5.10 Å². The molecule has 4 aromatic rings. The van der Waals surface area contributed by atoms with Crippen molar-refractivity contribution in [2.75, 3.05) is 25.5 Å². The van der Waals surface area contributed by atoms with Crippen molar-refractivity contribution >= 4 is 27.8 Å². The molecule has 1 aliphatic rings. The minimum absolute atomic E-state index is 0.417. The van der Waals surface area contributed by atoms with Crippen LogP contribution in [0.3, 0.4) is 0 Å². The van der Waals surface area contributed by atoms with Gasteiger partial charge in [0.15, 0.2) is 5.82 Å². The normalized spacial score (nSPS) is 15.1. The molecule has 8 heteroatoms. The third-order valence-corrected chi connectivity index (χ3v) is 4.86.